The van der Waals surface area contributed by atoms with Crippen LogP contribution in [-0.2, 0) is 15.1 Å². The third-order valence-corrected chi connectivity index (χ3v) is 8.00. The van der Waals surface area contributed by atoms with E-state index in [1.807, 2.05) is 37.3 Å². The number of hydrogen-bond donors (Lipinski definition) is 1. The molecule has 1 aliphatic heterocycles. The van der Waals surface area contributed by atoms with E-state index in [2.05, 4.69) is 48.9 Å². The zero-order valence-corrected chi connectivity index (χ0v) is 26.5. The largest absolute Gasteiger partial charge is 0.493 e. The first-order valence-corrected chi connectivity index (χ1v) is 15.7. The summed E-state index contributed by atoms with van der Waals surface area (Å²) in [7, 11) is 0. The molecule has 8 heteroatoms. The number of anilines is 3. The maximum Gasteiger partial charge on any atom is 0.341 e. The van der Waals surface area contributed by atoms with Crippen LogP contribution in [0, 0.1) is 0 Å². The zero-order valence-electron chi connectivity index (χ0n) is 26.5. The predicted octanol–water partition coefficient (Wildman–Crippen LogP) is 7.15. The third kappa shape index (κ3) is 6.48. The standard InChI is InChI=1S/C35H46N4O4/c1-7-12-21-39(22-13-8-2)26-16-18-29(31(23-26)37-25(6)40)35(33-28(34(41)43-35)15-14-20-36-33)30-19-17-27(38(9-3)10-4)24-32(30)42-11-5/h14-20,23-24H,7-13,21-22H2,1-6H3,(H,37,40). The van der Waals surface area contributed by atoms with Gasteiger partial charge in [0.1, 0.15) is 11.4 Å². The SMILES string of the molecule is CCCCN(CCCC)c1ccc(C2(c3ccc(N(CC)CC)cc3OCC)OC(=O)c3cccnc32)c(NC(C)=O)c1. The van der Waals surface area contributed by atoms with Crippen LogP contribution < -0.4 is 19.9 Å². The number of nitrogens with zero attached hydrogens (tertiary/aromatic N) is 3. The molecule has 0 fully saturated rings. The Hall–Kier alpha value is -4.07. The van der Waals surface area contributed by atoms with Crippen molar-refractivity contribution in [2.75, 3.05) is 47.9 Å². The number of aromatic nitrogens is 1. The van der Waals surface area contributed by atoms with Crippen molar-refractivity contribution in [2.24, 2.45) is 0 Å². The summed E-state index contributed by atoms with van der Waals surface area (Å²) < 4.78 is 12.7. The zero-order chi connectivity index (χ0) is 31.0. The second-order valence-corrected chi connectivity index (χ2v) is 10.9. The molecule has 4 rings (SSSR count). The van der Waals surface area contributed by atoms with Crippen molar-refractivity contribution in [3.8, 4) is 5.75 Å². The summed E-state index contributed by atoms with van der Waals surface area (Å²) >= 11 is 0. The molecule has 1 atom stereocenters. The molecule has 8 nitrogen and oxygen atoms in total. The molecule has 1 aromatic heterocycles. The Balaban J connectivity index is 2.01. The lowest BCUT2D eigenvalue weighted by atomic mass is 9.81. The molecule has 0 aliphatic carbocycles. The average molecular weight is 587 g/mol. The van der Waals surface area contributed by atoms with Crippen molar-refractivity contribution in [3.63, 3.8) is 0 Å². The maximum absolute atomic E-state index is 13.5. The minimum absolute atomic E-state index is 0.213. The summed E-state index contributed by atoms with van der Waals surface area (Å²) in [6, 6.07) is 15.5. The van der Waals surface area contributed by atoms with Crippen molar-refractivity contribution in [1.29, 1.82) is 0 Å². The van der Waals surface area contributed by atoms with Gasteiger partial charge in [-0.05, 0) is 70.0 Å². The van der Waals surface area contributed by atoms with E-state index in [4.69, 9.17) is 14.5 Å². The molecule has 43 heavy (non-hydrogen) atoms. The summed E-state index contributed by atoms with van der Waals surface area (Å²) in [6.45, 7) is 16.0. The number of pyridine rings is 1. The fraction of sp³-hybridized carbons (Fsp3) is 0.457. The number of carbonyl (C=O) groups excluding carboxylic acids is 2. The van der Waals surface area contributed by atoms with Gasteiger partial charge in [-0.25, -0.2) is 4.79 Å². The van der Waals surface area contributed by atoms with E-state index >= 15 is 0 Å². The summed E-state index contributed by atoms with van der Waals surface area (Å²) in [5.74, 6) is -0.0815. The number of fused-ring (bicyclic) bond motifs is 1. The highest BCUT2D eigenvalue weighted by Crippen LogP contribution is 2.52. The molecule has 230 valence electrons. The Morgan fingerprint density at radius 2 is 1.56 bits per heavy atom. The molecule has 0 saturated heterocycles. The second kappa shape index (κ2) is 14.4. The van der Waals surface area contributed by atoms with Crippen LogP contribution in [0.4, 0.5) is 17.1 Å². The molecule has 1 unspecified atom stereocenters. The number of esters is 1. The Morgan fingerprint density at radius 3 is 2.16 bits per heavy atom. The van der Waals surface area contributed by atoms with E-state index in [0.717, 1.165) is 63.2 Å². The number of cyclic esters (lactones) is 1. The van der Waals surface area contributed by atoms with Crippen LogP contribution in [0.3, 0.4) is 0 Å². The predicted molar refractivity (Wildman–Crippen MR) is 173 cm³/mol. The number of hydrogen-bond acceptors (Lipinski definition) is 7. The average Bonchev–Trinajstić information content (AvgIpc) is 3.30. The highest BCUT2D eigenvalue weighted by Gasteiger charge is 2.53. The second-order valence-electron chi connectivity index (χ2n) is 10.9. The summed E-state index contributed by atoms with van der Waals surface area (Å²) in [6.07, 6.45) is 5.98. The normalized spacial score (nSPS) is 15.5. The number of amides is 1. The van der Waals surface area contributed by atoms with Crippen molar-refractivity contribution in [1.82, 2.24) is 4.98 Å². The number of rotatable bonds is 15. The van der Waals surface area contributed by atoms with Crippen molar-refractivity contribution >= 4 is 28.9 Å². The molecule has 0 bridgehead atoms. The fourth-order valence-corrected chi connectivity index (χ4v) is 5.86. The molecule has 3 aromatic rings. The highest BCUT2D eigenvalue weighted by atomic mass is 16.6. The molecule has 0 spiro atoms. The van der Waals surface area contributed by atoms with Crippen molar-refractivity contribution in [3.05, 3.63) is 77.1 Å². The molecule has 2 aromatic carbocycles. The molecule has 0 radical (unpaired) electrons. The van der Waals surface area contributed by atoms with Gasteiger partial charge in [-0.15, -0.1) is 0 Å². The van der Waals surface area contributed by atoms with Gasteiger partial charge < -0.3 is 24.6 Å². The summed E-state index contributed by atoms with van der Waals surface area (Å²) in [5, 5.41) is 3.06. The summed E-state index contributed by atoms with van der Waals surface area (Å²) in [5.41, 5.74) is 3.31. The first-order chi connectivity index (χ1) is 20.8. The van der Waals surface area contributed by atoms with Gasteiger partial charge in [0.15, 0.2) is 0 Å². The Kier molecular flexibility index (Phi) is 10.7. The van der Waals surface area contributed by atoms with Gasteiger partial charge in [0, 0.05) is 67.9 Å². The molecule has 2 heterocycles. The van der Waals surface area contributed by atoms with Gasteiger partial charge >= 0.3 is 5.97 Å². The van der Waals surface area contributed by atoms with E-state index in [9.17, 15) is 9.59 Å². The van der Waals surface area contributed by atoms with Crippen LogP contribution in [-0.4, -0.2) is 49.6 Å². The van der Waals surface area contributed by atoms with E-state index in [1.54, 1.807) is 18.3 Å². The number of carbonyl (C=O) groups is 2. The van der Waals surface area contributed by atoms with Crippen LogP contribution in [0.25, 0.3) is 0 Å². The van der Waals surface area contributed by atoms with Gasteiger partial charge in [-0.1, -0.05) is 32.8 Å². The van der Waals surface area contributed by atoms with E-state index in [-0.39, 0.29) is 5.91 Å². The van der Waals surface area contributed by atoms with Crippen LogP contribution in [0.15, 0.2) is 54.7 Å². The first-order valence-electron chi connectivity index (χ1n) is 15.7. The molecular weight excluding hydrogens is 540 g/mol. The lowest BCUT2D eigenvalue weighted by Crippen LogP contribution is -2.33. The highest BCUT2D eigenvalue weighted by molar-refractivity contribution is 5.97. The lowest BCUT2D eigenvalue weighted by molar-refractivity contribution is -0.114. The third-order valence-electron chi connectivity index (χ3n) is 8.00. The fourth-order valence-electron chi connectivity index (χ4n) is 5.86. The number of benzene rings is 2. The van der Waals surface area contributed by atoms with E-state index in [0.29, 0.717) is 40.4 Å². The monoisotopic (exact) mass is 586 g/mol. The van der Waals surface area contributed by atoms with E-state index < -0.39 is 11.6 Å². The molecular formula is C35H46N4O4. The molecule has 1 amide bonds. The van der Waals surface area contributed by atoms with Crippen molar-refractivity contribution in [2.45, 2.75) is 72.8 Å². The smallest absolute Gasteiger partial charge is 0.341 e. The van der Waals surface area contributed by atoms with Crippen molar-refractivity contribution < 1.29 is 19.1 Å². The minimum atomic E-state index is -1.44. The van der Waals surface area contributed by atoms with Gasteiger partial charge in [0.2, 0.25) is 11.5 Å². The van der Waals surface area contributed by atoms with Gasteiger partial charge in [0.05, 0.1) is 17.9 Å². The Labute approximate surface area is 256 Å². The minimum Gasteiger partial charge on any atom is -0.493 e. The van der Waals surface area contributed by atoms with Crippen LogP contribution >= 0.6 is 0 Å². The van der Waals surface area contributed by atoms with Gasteiger partial charge in [-0.2, -0.15) is 0 Å². The molecule has 0 saturated carbocycles. The lowest BCUT2D eigenvalue weighted by Gasteiger charge is -2.34. The Bertz CT molecular complexity index is 1410. The molecule has 1 aliphatic rings. The topological polar surface area (TPSA) is 84.0 Å². The van der Waals surface area contributed by atoms with Crippen LogP contribution in [0.5, 0.6) is 5.75 Å². The summed E-state index contributed by atoms with van der Waals surface area (Å²) in [4.78, 5) is 35.5. The first kappa shape index (κ1) is 31.9. The quantitative estimate of drug-likeness (QED) is 0.189. The number of ether oxygens (including phenoxy) is 2. The number of nitrogens with one attached hydrogen (secondary N) is 1. The van der Waals surface area contributed by atoms with Gasteiger partial charge in [0.25, 0.3) is 0 Å². The Morgan fingerprint density at radius 1 is 0.907 bits per heavy atom. The van der Waals surface area contributed by atoms with E-state index in [1.165, 1.54) is 6.92 Å². The number of unbranched alkanes of at least 4 members (excludes halogenated alkanes) is 2. The van der Waals surface area contributed by atoms with Crippen LogP contribution in [0.2, 0.25) is 0 Å². The van der Waals surface area contributed by atoms with Gasteiger partial charge in [-0.3, -0.25) is 9.78 Å². The van der Waals surface area contributed by atoms with Crippen LogP contribution in [0.1, 0.15) is 94.4 Å². The molecule has 1 N–H and O–H groups in total. The maximum atomic E-state index is 13.5.